The summed E-state index contributed by atoms with van der Waals surface area (Å²) in [6.45, 7) is 1.87. The van der Waals surface area contributed by atoms with Gasteiger partial charge in [0, 0.05) is 24.0 Å². The minimum Gasteiger partial charge on any atom is -0.353 e. The topological polar surface area (TPSA) is 82.0 Å². The van der Waals surface area contributed by atoms with Crippen LogP contribution in [0.5, 0.6) is 0 Å². The molecule has 0 saturated heterocycles. The Hall–Kier alpha value is -2.61. The van der Waals surface area contributed by atoms with Crippen molar-refractivity contribution in [2.24, 2.45) is 0 Å². The molecule has 4 rings (SSSR count). The summed E-state index contributed by atoms with van der Waals surface area (Å²) >= 11 is 1.41. The third kappa shape index (κ3) is 1.69. The summed E-state index contributed by atoms with van der Waals surface area (Å²) in [6, 6.07) is 5.58. The number of rotatable bonds is 2. The lowest BCUT2D eigenvalue weighted by Gasteiger charge is -1.94. The monoisotopic (exact) mass is 284 g/mol. The summed E-state index contributed by atoms with van der Waals surface area (Å²) in [5.74, 6) is 1.32. The molecule has 0 aliphatic carbocycles. The van der Waals surface area contributed by atoms with E-state index in [0.29, 0.717) is 16.5 Å². The number of pyridine rings is 1. The maximum Gasteiger partial charge on any atom is 0.235 e. The first-order chi connectivity index (χ1) is 9.81. The number of nitrogens with zero attached hydrogens (tertiary/aromatic N) is 6. The molecule has 0 unspecified atom stereocenters. The lowest BCUT2D eigenvalue weighted by molar-refractivity contribution is 0.426. The molecule has 7 nitrogen and oxygen atoms in total. The molecule has 0 N–H and O–H groups in total. The Kier molecular flexibility index (Phi) is 2.36. The molecule has 0 atom stereocenters. The van der Waals surface area contributed by atoms with Gasteiger partial charge < -0.3 is 4.52 Å². The van der Waals surface area contributed by atoms with Crippen LogP contribution in [0.3, 0.4) is 0 Å². The van der Waals surface area contributed by atoms with E-state index in [-0.39, 0.29) is 0 Å². The van der Waals surface area contributed by atoms with Gasteiger partial charge in [0.25, 0.3) is 0 Å². The number of hydrogen-bond donors (Lipinski definition) is 0. The molecule has 20 heavy (non-hydrogen) atoms. The lowest BCUT2D eigenvalue weighted by Crippen LogP contribution is -1.90. The fraction of sp³-hybridized carbons (Fsp3) is 0.0833. The SMILES string of the molecule is Cc1cc(-c2nn3c(-c4ccncc4)nnc3s2)on1. The van der Waals surface area contributed by atoms with Gasteiger partial charge in [0.05, 0.1) is 5.69 Å². The van der Waals surface area contributed by atoms with Crippen molar-refractivity contribution >= 4 is 16.3 Å². The van der Waals surface area contributed by atoms with Crippen LogP contribution in [0, 0.1) is 6.92 Å². The molecule has 4 aromatic rings. The highest BCUT2D eigenvalue weighted by atomic mass is 32.1. The van der Waals surface area contributed by atoms with Gasteiger partial charge in [0.1, 0.15) is 0 Å². The summed E-state index contributed by atoms with van der Waals surface area (Å²) in [4.78, 5) is 4.70. The first-order valence-corrected chi connectivity index (χ1v) is 6.69. The van der Waals surface area contributed by atoms with Gasteiger partial charge in [-0.25, -0.2) is 0 Å². The fourth-order valence-electron chi connectivity index (χ4n) is 1.86. The van der Waals surface area contributed by atoms with E-state index in [2.05, 4.69) is 25.4 Å². The molecule has 0 amide bonds. The molecule has 0 spiro atoms. The molecule has 0 aliphatic heterocycles. The van der Waals surface area contributed by atoms with Gasteiger partial charge in [-0.05, 0) is 19.1 Å². The Morgan fingerprint density at radius 3 is 2.80 bits per heavy atom. The first-order valence-electron chi connectivity index (χ1n) is 5.87. The first kappa shape index (κ1) is 11.2. The smallest absolute Gasteiger partial charge is 0.235 e. The van der Waals surface area contributed by atoms with Crippen LogP contribution in [0.4, 0.5) is 0 Å². The van der Waals surface area contributed by atoms with Gasteiger partial charge in [-0.15, -0.1) is 15.3 Å². The van der Waals surface area contributed by atoms with E-state index in [1.54, 1.807) is 16.9 Å². The normalized spacial score (nSPS) is 11.2. The van der Waals surface area contributed by atoms with Crippen LogP contribution in [0.15, 0.2) is 35.1 Å². The molecule has 0 saturated carbocycles. The third-order valence-corrected chi connectivity index (χ3v) is 3.68. The molecule has 4 aromatic heterocycles. The predicted octanol–water partition coefficient (Wildman–Crippen LogP) is 2.21. The number of aromatic nitrogens is 6. The van der Waals surface area contributed by atoms with E-state index in [0.717, 1.165) is 16.3 Å². The van der Waals surface area contributed by atoms with E-state index in [9.17, 15) is 0 Å². The second kappa shape index (κ2) is 4.20. The lowest BCUT2D eigenvalue weighted by atomic mass is 10.2. The van der Waals surface area contributed by atoms with E-state index < -0.39 is 0 Å². The Bertz CT molecular complexity index is 878. The molecule has 8 heteroatoms. The molecule has 0 aliphatic rings. The standard InChI is InChI=1S/C12H8N6OS/c1-7-6-9(19-17-7)11-16-18-10(14-15-12(18)20-11)8-2-4-13-5-3-8/h2-6H,1H3. The van der Waals surface area contributed by atoms with Gasteiger partial charge in [-0.2, -0.15) is 4.52 Å². The largest absolute Gasteiger partial charge is 0.353 e. The third-order valence-electron chi connectivity index (χ3n) is 2.77. The molecular formula is C12H8N6OS. The highest BCUT2D eigenvalue weighted by Gasteiger charge is 2.16. The second-order valence-corrected chi connectivity index (χ2v) is 5.15. The van der Waals surface area contributed by atoms with Crippen molar-refractivity contribution in [3.63, 3.8) is 0 Å². The highest BCUT2D eigenvalue weighted by Crippen LogP contribution is 2.28. The van der Waals surface area contributed by atoms with Crippen molar-refractivity contribution in [3.05, 3.63) is 36.3 Å². The van der Waals surface area contributed by atoms with Crippen LogP contribution in [-0.4, -0.2) is 30.0 Å². The molecule has 98 valence electrons. The molecule has 0 bridgehead atoms. The van der Waals surface area contributed by atoms with Gasteiger partial charge in [-0.1, -0.05) is 16.5 Å². The van der Waals surface area contributed by atoms with Crippen molar-refractivity contribution < 1.29 is 4.52 Å². The quantitative estimate of drug-likeness (QED) is 0.561. The molecule has 0 aromatic carbocycles. The zero-order chi connectivity index (χ0) is 13.5. The number of fused-ring (bicyclic) bond motifs is 1. The van der Waals surface area contributed by atoms with Crippen LogP contribution >= 0.6 is 11.3 Å². The van der Waals surface area contributed by atoms with Crippen LogP contribution in [0.1, 0.15) is 5.69 Å². The van der Waals surface area contributed by atoms with Crippen molar-refractivity contribution in [2.75, 3.05) is 0 Å². The summed E-state index contributed by atoms with van der Waals surface area (Å²) in [5, 5.41) is 17.4. The van der Waals surface area contributed by atoms with Gasteiger partial charge in [0.15, 0.2) is 16.6 Å². The van der Waals surface area contributed by atoms with Crippen LogP contribution < -0.4 is 0 Å². The Morgan fingerprint density at radius 2 is 2.05 bits per heavy atom. The van der Waals surface area contributed by atoms with Crippen LogP contribution in [0.2, 0.25) is 0 Å². The zero-order valence-electron chi connectivity index (χ0n) is 10.4. The maximum atomic E-state index is 5.22. The van der Waals surface area contributed by atoms with E-state index in [1.807, 2.05) is 25.1 Å². The van der Waals surface area contributed by atoms with E-state index in [4.69, 9.17) is 4.52 Å². The fourth-order valence-corrected chi connectivity index (χ4v) is 2.65. The minimum absolute atomic E-state index is 0.638. The predicted molar refractivity (Wildman–Crippen MR) is 72.1 cm³/mol. The average Bonchev–Trinajstić information content (AvgIpc) is 3.13. The van der Waals surface area contributed by atoms with Crippen molar-refractivity contribution in [1.82, 2.24) is 30.0 Å². The molecule has 4 heterocycles. The van der Waals surface area contributed by atoms with Crippen LogP contribution in [0.25, 0.3) is 27.1 Å². The maximum absolute atomic E-state index is 5.22. The summed E-state index contributed by atoms with van der Waals surface area (Å²) in [6.07, 6.45) is 3.42. The molecule has 0 fully saturated rings. The second-order valence-electron chi connectivity index (χ2n) is 4.19. The van der Waals surface area contributed by atoms with Crippen molar-refractivity contribution in [1.29, 1.82) is 0 Å². The van der Waals surface area contributed by atoms with Crippen molar-refractivity contribution in [2.45, 2.75) is 6.92 Å². The molecular weight excluding hydrogens is 276 g/mol. The Morgan fingerprint density at radius 1 is 1.20 bits per heavy atom. The number of aryl methyl sites for hydroxylation is 1. The van der Waals surface area contributed by atoms with Crippen molar-refractivity contribution in [3.8, 4) is 22.2 Å². The zero-order valence-corrected chi connectivity index (χ0v) is 11.2. The Labute approximate surface area is 116 Å². The van der Waals surface area contributed by atoms with Crippen LogP contribution in [-0.2, 0) is 0 Å². The molecule has 0 radical (unpaired) electrons. The summed E-state index contributed by atoms with van der Waals surface area (Å²) < 4.78 is 6.92. The van der Waals surface area contributed by atoms with Gasteiger partial charge >= 0.3 is 0 Å². The van der Waals surface area contributed by atoms with Gasteiger partial charge in [-0.3, -0.25) is 4.98 Å². The number of hydrogen-bond acceptors (Lipinski definition) is 7. The summed E-state index contributed by atoms with van der Waals surface area (Å²) in [7, 11) is 0. The van der Waals surface area contributed by atoms with E-state index >= 15 is 0 Å². The summed E-state index contributed by atoms with van der Waals surface area (Å²) in [5.41, 5.74) is 1.73. The highest BCUT2D eigenvalue weighted by molar-refractivity contribution is 7.19. The minimum atomic E-state index is 0.638. The van der Waals surface area contributed by atoms with Gasteiger partial charge in [0.2, 0.25) is 4.96 Å². The van der Waals surface area contributed by atoms with E-state index in [1.165, 1.54) is 11.3 Å². The average molecular weight is 284 g/mol. The Balaban J connectivity index is 1.87.